The van der Waals surface area contributed by atoms with Crippen molar-refractivity contribution in [2.24, 2.45) is 0 Å². The van der Waals surface area contributed by atoms with Crippen LogP contribution in [0.1, 0.15) is 45.5 Å². The lowest BCUT2D eigenvalue weighted by atomic mass is 10.1. The summed E-state index contributed by atoms with van der Waals surface area (Å²) in [6.45, 7) is 8.97. The van der Waals surface area contributed by atoms with E-state index in [1.165, 1.54) is 0 Å². The molecule has 30 heavy (non-hydrogen) atoms. The maximum atomic E-state index is 8.35. The fourth-order valence-electron chi connectivity index (χ4n) is 3.00. The van der Waals surface area contributed by atoms with Gasteiger partial charge in [-0.2, -0.15) is 0 Å². The molecule has 0 saturated carbocycles. The third-order valence-electron chi connectivity index (χ3n) is 4.72. The number of anilines is 2. The molecule has 3 rings (SSSR count). The molecule has 3 aromatic rings. The summed E-state index contributed by atoms with van der Waals surface area (Å²) in [5.41, 5.74) is 5.05. The first-order chi connectivity index (χ1) is 14.5. The maximum absolute atomic E-state index is 8.35. The molecule has 0 saturated heterocycles. The lowest BCUT2D eigenvalue weighted by Gasteiger charge is -2.22. The fourth-order valence-corrected chi connectivity index (χ4v) is 3.00. The molecule has 158 valence electrons. The number of hydrogen-bond donors (Lipinski definition) is 4. The van der Waals surface area contributed by atoms with Crippen molar-refractivity contribution >= 4 is 17.1 Å². The zero-order valence-corrected chi connectivity index (χ0v) is 17.9. The van der Waals surface area contributed by atoms with Crippen molar-refractivity contribution < 1.29 is 4.74 Å². The Morgan fingerprint density at radius 3 is 2.80 bits per heavy atom. The van der Waals surface area contributed by atoms with Crippen LogP contribution in [0.5, 0.6) is 5.88 Å². The zero-order chi connectivity index (χ0) is 21.5. The molecule has 0 amide bonds. The van der Waals surface area contributed by atoms with Gasteiger partial charge in [0.1, 0.15) is 5.69 Å². The quantitative estimate of drug-likeness (QED) is 0.369. The Morgan fingerprint density at radius 1 is 1.30 bits per heavy atom. The smallest absolute Gasteiger partial charge is 0.222 e. The summed E-state index contributed by atoms with van der Waals surface area (Å²) in [7, 11) is 0. The van der Waals surface area contributed by atoms with E-state index in [9.17, 15) is 0 Å². The number of ether oxygens (including phenoxy) is 1. The predicted octanol–water partition coefficient (Wildman–Crippen LogP) is 4.48. The Balaban J connectivity index is 2.11. The lowest BCUT2D eigenvalue weighted by molar-refractivity contribution is 0.328. The molecule has 0 aliphatic carbocycles. The molecule has 3 heterocycles. The Kier molecular flexibility index (Phi) is 7.00. The highest BCUT2D eigenvalue weighted by Crippen LogP contribution is 2.34. The maximum Gasteiger partial charge on any atom is 0.222 e. The van der Waals surface area contributed by atoms with Gasteiger partial charge in [-0.1, -0.05) is 6.92 Å². The van der Waals surface area contributed by atoms with Crippen LogP contribution in [-0.2, 0) is 6.54 Å². The molecule has 4 N–H and O–H groups in total. The lowest BCUT2D eigenvalue weighted by Crippen LogP contribution is -2.19. The van der Waals surface area contributed by atoms with Crippen molar-refractivity contribution in [3.63, 3.8) is 0 Å². The molecule has 0 bridgehead atoms. The average Bonchev–Trinajstić information content (AvgIpc) is 3.27. The number of aromatic nitrogens is 4. The van der Waals surface area contributed by atoms with E-state index in [0.29, 0.717) is 36.1 Å². The van der Waals surface area contributed by atoms with E-state index in [-0.39, 0.29) is 6.04 Å². The van der Waals surface area contributed by atoms with E-state index in [0.717, 1.165) is 29.1 Å². The summed E-state index contributed by atoms with van der Waals surface area (Å²) in [5, 5.41) is 15.3. The van der Waals surface area contributed by atoms with Gasteiger partial charge in [0.25, 0.3) is 0 Å². The van der Waals surface area contributed by atoms with Crippen LogP contribution in [0.4, 0.5) is 11.4 Å². The van der Waals surface area contributed by atoms with Crippen LogP contribution in [-0.4, -0.2) is 38.3 Å². The van der Waals surface area contributed by atoms with Gasteiger partial charge in [-0.3, -0.25) is 0 Å². The zero-order valence-electron chi connectivity index (χ0n) is 17.9. The van der Waals surface area contributed by atoms with Crippen molar-refractivity contribution in [1.29, 1.82) is 5.41 Å². The van der Waals surface area contributed by atoms with E-state index < -0.39 is 0 Å². The van der Waals surface area contributed by atoms with Crippen molar-refractivity contribution in [3.05, 3.63) is 48.3 Å². The van der Waals surface area contributed by atoms with Crippen LogP contribution < -0.4 is 15.4 Å². The molecule has 0 aromatic carbocycles. The van der Waals surface area contributed by atoms with E-state index in [4.69, 9.17) is 15.1 Å². The molecule has 0 aliphatic heterocycles. The van der Waals surface area contributed by atoms with Gasteiger partial charge in [0, 0.05) is 18.4 Å². The second-order valence-electron chi connectivity index (χ2n) is 7.06. The van der Waals surface area contributed by atoms with Crippen LogP contribution in [0.15, 0.2) is 36.9 Å². The Labute approximate surface area is 177 Å². The highest BCUT2D eigenvalue weighted by molar-refractivity contribution is 6.03. The number of nitrogens with one attached hydrogen (secondary N) is 4. The van der Waals surface area contributed by atoms with Gasteiger partial charge >= 0.3 is 0 Å². The molecule has 1 atom stereocenters. The van der Waals surface area contributed by atoms with Gasteiger partial charge < -0.3 is 25.8 Å². The van der Waals surface area contributed by atoms with Crippen molar-refractivity contribution in [1.82, 2.24) is 19.9 Å². The fraction of sp³-hybridized carbons (Fsp3) is 0.364. The van der Waals surface area contributed by atoms with Crippen molar-refractivity contribution in [2.75, 3.05) is 17.2 Å². The highest BCUT2D eigenvalue weighted by atomic mass is 16.5. The van der Waals surface area contributed by atoms with Gasteiger partial charge in [-0.05, 0) is 45.4 Å². The van der Waals surface area contributed by atoms with Crippen molar-refractivity contribution in [3.8, 4) is 17.1 Å². The number of hydrogen-bond acceptors (Lipinski definition) is 7. The van der Waals surface area contributed by atoms with Crippen LogP contribution in [0, 0.1) is 5.41 Å². The summed E-state index contributed by atoms with van der Waals surface area (Å²) >= 11 is 0. The summed E-state index contributed by atoms with van der Waals surface area (Å²) in [6, 6.07) is 6.00. The number of nitrogens with zero attached hydrogens (tertiary/aromatic N) is 3. The highest BCUT2D eigenvalue weighted by Gasteiger charge is 2.19. The largest absolute Gasteiger partial charge is 0.477 e. The summed E-state index contributed by atoms with van der Waals surface area (Å²) in [6.07, 6.45) is 6.17. The van der Waals surface area contributed by atoms with Gasteiger partial charge in [0.05, 0.1) is 53.5 Å². The topological polar surface area (TPSA) is 112 Å². The van der Waals surface area contributed by atoms with Crippen LogP contribution >= 0.6 is 0 Å². The Bertz CT molecular complexity index is 985. The molecule has 0 aliphatic rings. The predicted molar refractivity (Wildman–Crippen MR) is 120 cm³/mol. The normalized spacial score (nSPS) is 11.7. The van der Waals surface area contributed by atoms with Gasteiger partial charge in [0.15, 0.2) is 0 Å². The first kappa shape index (κ1) is 21.3. The molecule has 3 aromatic heterocycles. The first-order valence-corrected chi connectivity index (χ1v) is 10.2. The molecule has 0 radical (unpaired) electrons. The van der Waals surface area contributed by atoms with Crippen LogP contribution in [0.3, 0.4) is 0 Å². The van der Waals surface area contributed by atoms with Gasteiger partial charge in [-0.25, -0.2) is 15.0 Å². The van der Waals surface area contributed by atoms with E-state index in [1.807, 2.05) is 31.3 Å². The van der Waals surface area contributed by atoms with Crippen molar-refractivity contribution in [2.45, 2.75) is 46.7 Å². The SMILES string of the molecule is CCOc1ncccc1-c1cc(NCc2c[nH]cn2)c(NC(C)CC)c(C(C)=N)n1. The molecular formula is C22H29N7O. The molecule has 0 spiro atoms. The number of pyridine rings is 2. The molecular weight excluding hydrogens is 378 g/mol. The standard InChI is InChI=1S/C22H29N7O/c1-5-14(3)28-21-19(26-12-16-11-24-13-27-16)10-18(29-20(21)15(4)23)17-8-7-9-25-22(17)30-6-2/h7-11,13-14,23,28H,5-6,12H2,1-4H3,(H,24,27)(H,26,29). The molecule has 8 nitrogen and oxygen atoms in total. The average molecular weight is 408 g/mol. The minimum Gasteiger partial charge on any atom is -0.477 e. The van der Waals surface area contributed by atoms with Gasteiger partial charge in [-0.15, -0.1) is 0 Å². The first-order valence-electron chi connectivity index (χ1n) is 10.2. The third-order valence-corrected chi connectivity index (χ3v) is 4.72. The van der Waals surface area contributed by atoms with Crippen LogP contribution in [0.2, 0.25) is 0 Å². The van der Waals surface area contributed by atoms with Crippen LogP contribution in [0.25, 0.3) is 11.3 Å². The van der Waals surface area contributed by atoms with E-state index in [2.05, 4.69) is 39.4 Å². The van der Waals surface area contributed by atoms with Gasteiger partial charge in [0.2, 0.25) is 5.88 Å². The summed E-state index contributed by atoms with van der Waals surface area (Å²) in [5.74, 6) is 0.530. The Morgan fingerprint density at radius 2 is 2.13 bits per heavy atom. The van der Waals surface area contributed by atoms with E-state index in [1.54, 1.807) is 19.4 Å². The second kappa shape index (κ2) is 9.87. The number of aromatic amines is 1. The molecule has 0 fully saturated rings. The second-order valence-corrected chi connectivity index (χ2v) is 7.06. The number of rotatable bonds is 10. The van der Waals surface area contributed by atoms with E-state index >= 15 is 0 Å². The monoisotopic (exact) mass is 407 g/mol. The number of H-pyrrole nitrogens is 1. The minimum atomic E-state index is 0.235. The minimum absolute atomic E-state index is 0.235. The third kappa shape index (κ3) is 4.94. The molecule has 1 unspecified atom stereocenters. The summed E-state index contributed by atoms with van der Waals surface area (Å²) < 4.78 is 5.71. The Hall–Kier alpha value is -3.42. The number of imidazole rings is 1. The summed E-state index contributed by atoms with van der Waals surface area (Å²) in [4.78, 5) is 16.4. The molecule has 8 heteroatoms.